The zero-order valence-corrected chi connectivity index (χ0v) is 21.2. The Hall–Kier alpha value is -4.40. The minimum Gasteiger partial charge on any atom is -0.488 e. The lowest BCUT2D eigenvalue weighted by Gasteiger charge is -2.15. The molecule has 0 radical (unpaired) electrons. The lowest BCUT2D eigenvalue weighted by atomic mass is 10.1. The Morgan fingerprint density at radius 1 is 0.974 bits per heavy atom. The van der Waals surface area contributed by atoms with Crippen LogP contribution in [0.4, 0.5) is 5.69 Å². The Labute approximate surface area is 225 Å². The number of carbonyl (C=O) groups is 2. The summed E-state index contributed by atoms with van der Waals surface area (Å²) in [6, 6.07) is 22.5. The molecule has 0 saturated carbocycles. The summed E-state index contributed by atoms with van der Waals surface area (Å²) in [5.41, 5.74) is 7.83. The Morgan fingerprint density at radius 3 is 2.16 bits per heavy atom. The quantitative estimate of drug-likeness (QED) is 0.175. The highest BCUT2D eigenvalue weighted by molar-refractivity contribution is 6.32. The fourth-order valence-electron chi connectivity index (χ4n) is 3.62. The van der Waals surface area contributed by atoms with Crippen molar-refractivity contribution in [2.45, 2.75) is 19.6 Å². The minimum atomic E-state index is -0.545. The van der Waals surface area contributed by atoms with E-state index in [1.165, 1.54) is 0 Å². The minimum absolute atomic E-state index is 0.0211. The number of rotatable bonds is 12. The van der Waals surface area contributed by atoms with E-state index in [0.29, 0.717) is 23.7 Å². The first-order valence-electron chi connectivity index (χ1n) is 11.8. The summed E-state index contributed by atoms with van der Waals surface area (Å²) < 4.78 is 17.7. The molecule has 0 unspecified atom stereocenters. The molecule has 0 fully saturated rings. The van der Waals surface area contributed by atoms with Gasteiger partial charge in [-0.3, -0.25) is 9.59 Å². The van der Waals surface area contributed by atoms with E-state index in [9.17, 15) is 9.59 Å². The number of carbonyl (C=O) groups excluding carboxylic acids is 2. The van der Waals surface area contributed by atoms with Gasteiger partial charge >= 0.3 is 0 Å². The smallest absolute Gasteiger partial charge is 0.247 e. The number of aromatic nitrogens is 1. The van der Waals surface area contributed by atoms with Crippen molar-refractivity contribution in [3.63, 3.8) is 0 Å². The number of nitrogens with one attached hydrogen (secondary N) is 1. The molecule has 0 saturated heterocycles. The van der Waals surface area contributed by atoms with Crippen LogP contribution in [0.25, 0.3) is 11.3 Å². The first-order valence-corrected chi connectivity index (χ1v) is 12.2. The van der Waals surface area contributed by atoms with E-state index >= 15 is 0 Å². The first kappa shape index (κ1) is 26.7. The van der Waals surface area contributed by atoms with Gasteiger partial charge in [-0.05, 0) is 29.8 Å². The molecule has 194 valence electrons. The maximum atomic E-state index is 12.7. The van der Waals surface area contributed by atoms with Crippen molar-refractivity contribution in [1.29, 1.82) is 0 Å². The van der Waals surface area contributed by atoms with Gasteiger partial charge in [0.1, 0.15) is 30.4 Å². The molecule has 8 nitrogen and oxygen atoms in total. The summed E-state index contributed by atoms with van der Waals surface area (Å²) in [7, 11) is 0. The topological polar surface area (TPSA) is 117 Å². The van der Waals surface area contributed by atoms with E-state index in [0.717, 1.165) is 17.2 Å². The summed E-state index contributed by atoms with van der Waals surface area (Å²) in [5, 5.41) is 6.82. The predicted molar refractivity (Wildman–Crippen MR) is 145 cm³/mol. The van der Waals surface area contributed by atoms with Crippen LogP contribution in [0.5, 0.6) is 11.5 Å². The van der Waals surface area contributed by atoms with Crippen LogP contribution in [0.2, 0.25) is 5.02 Å². The second-order valence-electron chi connectivity index (χ2n) is 8.22. The number of anilines is 1. The third-order valence-electron chi connectivity index (χ3n) is 5.51. The highest BCUT2D eigenvalue weighted by atomic mass is 35.5. The maximum absolute atomic E-state index is 12.7. The molecule has 3 aromatic carbocycles. The third-order valence-corrected chi connectivity index (χ3v) is 5.81. The van der Waals surface area contributed by atoms with Crippen molar-refractivity contribution < 1.29 is 23.6 Å². The highest BCUT2D eigenvalue weighted by Crippen LogP contribution is 2.43. The zero-order chi connectivity index (χ0) is 26.9. The van der Waals surface area contributed by atoms with Crippen LogP contribution in [0.1, 0.15) is 28.0 Å². The van der Waals surface area contributed by atoms with Crippen LogP contribution in [0, 0.1) is 0 Å². The lowest BCUT2D eigenvalue weighted by Crippen LogP contribution is -2.14. The Kier molecular flexibility index (Phi) is 8.92. The summed E-state index contributed by atoms with van der Waals surface area (Å²) in [4.78, 5) is 24.9. The average Bonchev–Trinajstić information content (AvgIpc) is 3.35. The number of ketones is 1. The number of Topliss-reactive ketones (excluding diaryl/α,β-unsaturated/α-hetero) is 1. The number of halogens is 1. The van der Waals surface area contributed by atoms with Crippen LogP contribution in [0.3, 0.4) is 0 Å². The van der Waals surface area contributed by atoms with Crippen molar-refractivity contribution in [2.24, 2.45) is 5.73 Å². The Balaban J connectivity index is 1.76. The fourth-order valence-corrected chi connectivity index (χ4v) is 3.84. The molecule has 4 aromatic rings. The largest absolute Gasteiger partial charge is 0.488 e. The summed E-state index contributed by atoms with van der Waals surface area (Å²) in [6.45, 7) is 4.11. The molecule has 0 spiro atoms. The van der Waals surface area contributed by atoms with Crippen LogP contribution in [-0.4, -0.2) is 23.4 Å². The van der Waals surface area contributed by atoms with E-state index in [1.807, 2.05) is 60.7 Å². The molecule has 1 amide bonds. The van der Waals surface area contributed by atoms with Gasteiger partial charge in [0.25, 0.3) is 0 Å². The normalized spacial score (nSPS) is 10.6. The van der Waals surface area contributed by atoms with Gasteiger partial charge in [-0.15, -0.1) is 0 Å². The molecule has 4 rings (SSSR count). The van der Waals surface area contributed by atoms with Gasteiger partial charge in [0.15, 0.2) is 17.2 Å². The van der Waals surface area contributed by atoms with E-state index in [4.69, 9.17) is 31.3 Å². The van der Waals surface area contributed by atoms with Gasteiger partial charge in [0.05, 0.1) is 10.6 Å². The molecule has 0 aliphatic heterocycles. The standard InChI is InChI=1S/C29H26ClN3O5/c1-2-26(35)32-28-27(23(34)13-14-31)33-38-29(28)21-15-22(30)25(37-18-20-11-7-4-8-12-20)16-24(21)36-17-19-9-5-3-6-10-19/h2-12,15-16H,1,13-14,17-18,31H2,(H,32,35). The number of amides is 1. The van der Waals surface area contributed by atoms with Gasteiger partial charge in [0, 0.05) is 12.5 Å². The zero-order valence-electron chi connectivity index (χ0n) is 20.5. The number of nitrogens with zero attached hydrogens (tertiary/aromatic N) is 1. The van der Waals surface area contributed by atoms with Gasteiger partial charge < -0.3 is 25.0 Å². The van der Waals surface area contributed by atoms with Gasteiger partial charge in [-0.2, -0.15) is 0 Å². The van der Waals surface area contributed by atoms with Gasteiger partial charge in [0.2, 0.25) is 5.91 Å². The molecule has 0 atom stereocenters. The van der Waals surface area contributed by atoms with Crippen molar-refractivity contribution in [3.05, 3.63) is 107 Å². The molecule has 1 heterocycles. The van der Waals surface area contributed by atoms with Crippen molar-refractivity contribution >= 4 is 29.0 Å². The molecular weight excluding hydrogens is 506 g/mol. The fraction of sp³-hybridized carbons (Fsp3) is 0.138. The van der Waals surface area contributed by atoms with E-state index in [1.54, 1.807) is 12.1 Å². The number of hydrogen-bond donors (Lipinski definition) is 2. The van der Waals surface area contributed by atoms with Gasteiger partial charge in [-0.25, -0.2) is 0 Å². The Bertz CT molecular complexity index is 1420. The monoisotopic (exact) mass is 531 g/mol. The van der Waals surface area contributed by atoms with Crippen molar-refractivity contribution in [2.75, 3.05) is 11.9 Å². The van der Waals surface area contributed by atoms with Crippen LogP contribution < -0.4 is 20.5 Å². The molecule has 38 heavy (non-hydrogen) atoms. The van der Waals surface area contributed by atoms with E-state index < -0.39 is 5.91 Å². The molecule has 1 aromatic heterocycles. The van der Waals surface area contributed by atoms with E-state index in [-0.39, 0.29) is 47.5 Å². The molecule has 9 heteroatoms. The summed E-state index contributed by atoms with van der Waals surface area (Å²) >= 11 is 6.61. The molecule has 0 aliphatic carbocycles. The number of hydrogen-bond acceptors (Lipinski definition) is 7. The summed E-state index contributed by atoms with van der Waals surface area (Å²) in [6.07, 6.45) is 1.10. The maximum Gasteiger partial charge on any atom is 0.247 e. The summed E-state index contributed by atoms with van der Waals surface area (Å²) in [5.74, 6) is -0.0954. The molecular formula is C29H26ClN3O5. The van der Waals surface area contributed by atoms with E-state index in [2.05, 4.69) is 17.1 Å². The number of benzene rings is 3. The second-order valence-corrected chi connectivity index (χ2v) is 8.63. The molecule has 3 N–H and O–H groups in total. The van der Waals surface area contributed by atoms with Crippen LogP contribution in [0.15, 0.2) is 90.0 Å². The molecule has 0 bridgehead atoms. The van der Waals surface area contributed by atoms with Crippen molar-refractivity contribution in [3.8, 4) is 22.8 Å². The van der Waals surface area contributed by atoms with Gasteiger partial charge in [-0.1, -0.05) is 84.0 Å². The highest BCUT2D eigenvalue weighted by Gasteiger charge is 2.27. The number of nitrogens with two attached hydrogens (primary N) is 1. The van der Waals surface area contributed by atoms with Crippen LogP contribution in [-0.2, 0) is 18.0 Å². The SMILES string of the molecule is C=CC(=O)Nc1c(C(=O)CCN)noc1-c1cc(Cl)c(OCc2ccccc2)cc1OCc1ccccc1. The number of ether oxygens (including phenoxy) is 2. The average molecular weight is 532 g/mol. The molecule has 0 aliphatic rings. The van der Waals surface area contributed by atoms with Crippen LogP contribution >= 0.6 is 11.6 Å². The predicted octanol–water partition coefficient (Wildman–Crippen LogP) is 5.81. The second kappa shape index (κ2) is 12.7. The lowest BCUT2D eigenvalue weighted by molar-refractivity contribution is -0.111. The van der Waals surface area contributed by atoms with Crippen molar-refractivity contribution in [1.82, 2.24) is 5.16 Å². The first-order chi connectivity index (χ1) is 18.5. The Morgan fingerprint density at radius 2 is 1.58 bits per heavy atom. The third kappa shape index (κ3) is 6.47.